The zero-order valence-electron chi connectivity index (χ0n) is 30.2. The highest BCUT2D eigenvalue weighted by atomic mass is 32.2. The van der Waals surface area contributed by atoms with Crippen LogP contribution in [-0.4, -0.2) is 85.2 Å². The molecule has 1 heterocycles. The fourth-order valence-corrected chi connectivity index (χ4v) is 7.05. The largest absolute Gasteiger partial charge is 0.466 e. The first kappa shape index (κ1) is 40.6. The number of benzene rings is 3. The van der Waals surface area contributed by atoms with Gasteiger partial charge >= 0.3 is 23.9 Å². The van der Waals surface area contributed by atoms with E-state index in [1.807, 2.05) is 85.8 Å². The molecule has 282 valence electrons. The molecule has 4 rings (SSSR count). The molecule has 0 bridgehead atoms. The summed E-state index contributed by atoms with van der Waals surface area (Å²) in [6, 6.07) is 23.7. The molecule has 3 aromatic carbocycles. The molecule has 1 aliphatic heterocycles. The molecule has 1 fully saturated rings. The van der Waals surface area contributed by atoms with Gasteiger partial charge in [-0.25, -0.2) is 4.79 Å². The number of carbonyl (C=O) groups is 6. The van der Waals surface area contributed by atoms with Gasteiger partial charge in [0.2, 0.25) is 10.8 Å². The van der Waals surface area contributed by atoms with Gasteiger partial charge in [-0.1, -0.05) is 84.1 Å². The number of ether oxygens (including phenoxy) is 5. The van der Waals surface area contributed by atoms with E-state index < -0.39 is 71.6 Å². The van der Waals surface area contributed by atoms with Crippen molar-refractivity contribution in [3.63, 3.8) is 0 Å². The van der Waals surface area contributed by atoms with Gasteiger partial charge in [-0.15, -0.1) is 0 Å². The highest BCUT2D eigenvalue weighted by Crippen LogP contribution is 2.45. The Morgan fingerprint density at radius 1 is 0.830 bits per heavy atom. The fourth-order valence-electron chi connectivity index (χ4n) is 5.85. The van der Waals surface area contributed by atoms with Gasteiger partial charge in [0.15, 0.2) is 18.8 Å². The Kier molecular flexibility index (Phi) is 14.6. The lowest BCUT2D eigenvalue weighted by Gasteiger charge is -2.46. The number of aryl methyl sites for hydroxylation is 1. The summed E-state index contributed by atoms with van der Waals surface area (Å²) in [6.45, 7) is 4.44. The predicted molar refractivity (Wildman–Crippen MR) is 194 cm³/mol. The van der Waals surface area contributed by atoms with Crippen LogP contribution >= 0.6 is 11.8 Å². The Balaban J connectivity index is 1.63. The van der Waals surface area contributed by atoms with Gasteiger partial charge in [0.05, 0.1) is 26.1 Å². The highest BCUT2D eigenvalue weighted by Gasteiger charge is 2.54. The molecule has 0 radical (unpaired) electrons. The van der Waals surface area contributed by atoms with Gasteiger partial charge in [-0.05, 0) is 48.6 Å². The Morgan fingerprint density at radius 2 is 1.47 bits per heavy atom. The average Bonchev–Trinajstić information content (AvgIpc) is 3.13. The second kappa shape index (κ2) is 19.0. The van der Waals surface area contributed by atoms with E-state index in [0.29, 0.717) is 4.90 Å². The van der Waals surface area contributed by atoms with Gasteiger partial charge < -0.3 is 34.3 Å². The average molecular weight is 749 g/mol. The molecule has 14 heteroatoms. The third-order valence-corrected chi connectivity index (χ3v) is 9.60. The van der Waals surface area contributed by atoms with E-state index in [0.717, 1.165) is 54.8 Å². The van der Waals surface area contributed by atoms with Crippen molar-refractivity contribution in [2.75, 3.05) is 20.3 Å². The number of methoxy groups -OCH3 is 1. The van der Waals surface area contributed by atoms with Crippen LogP contribution < -0.4 is 10.6 Å². The van der Waals surface area contributed by atoms with E-state index in [1.165, 1.54) is 7.11 Å². The van der Waals surface area contributed by atoms with Crippen LogP contribution in [0.5, 0.6) is 0 Å². The minimum atomic E-state index is -1.69. The third kappa shape index (κ3) is 11.9. The number of rotatable bonds is 15. The Bertz CT molecular complexity index is 1750. The Hall–Kier alpha value is -5.21. The monoisotopic (exact) mass is 748 g/mol. The van der Waals surface area contributed by atoms with E-state index in [-0.39, 0.29) is 25.8 Å². The van der Waals surface area contributed by atoms with Crippen molar-refractivity contribution in [1.82, 2.24) is 10.6 Å². The molecule has 2 amide bonds. The van der Waals surface area contributed by atoms with Gasteiger partial charge in [-0.3, -0.25) is 24.0 Å². The molecule has 3 aromatic rings. The summed E-state index contributed by atoms with van der Waals surface area (Å²) in [5.41, 5.74) is 3.73. The van der Waals surface area contributed by atoms with Crippen molar-refractivity contribution in [1.29, 1.82) is 0 Å². The lowest BCUT2D eigenvalue weighted by atomic mass is 9.91. The molecule has 5 atom stereocenters. The highest BCUT2D eigenvalue weighted by molar-refractivity contribution is 8.01. The number of hydrogen-bond acceptors (Lipinski definition) is 12. The number of nitrogens with one attached hydrogen (secondary N) is 2. The summed E-state index contributed by atoms with van der Waals surface area (Å²) in [7, 11) is 1.21. The summed E-state index contributed by atoms with van der Waals surface area (Å²) < 4.78 is 28.0. The number of esters is 4. The van der Waals surface area contributed by atoms with Crippen molar-refractivity contribution in [2.45, 2.75) is 81.1 Å². The molecule has 0 saturated carbocycles. The maximum absolute atomic E-state index is 13.5. The first-order valence-electron chi connectivity index (χ1n) is 17.0. The fraction of sp³-hybridized carbons (Fsp3) is 0.385. The third-order valence-electron chi connectivity index (χ3n) is 8.30. The first-order chi connectivity index (χ1) is 25.3. The summed E-state index contributed by atoms with van der Waals surface area (Å²) >= 11 is 1.08. The van der Waals surface area contributed by atoms with E-state index >= 15 is 0 Å². The molecule has 2 N–H and O–H groups in total. The van der Waals surface area contributed by atoms with Crippen molar-refractivity contribution in [3.05, 3.63) is 90.0 Å². The van der Waals surface area contributed by atoms with E-state index in [1.54, 1.807) is 0 Å². The van der Waals surface area contributed by atoms with Crippen LogP contribution in [0.1, 0.15) is 44.7 Å². The lowest BCUT2D eigenvalue weighted by Crippen LogP contribution is -2.63. The molecular formula is C39H44N2O11S. The topological polar surface area (TPSA) is 173 Å². The quantitative estimate of drug-likeness (QED) is 0.169. The van der Waals surface area contributed by atoms with Gasteiger partial charge in [0.25, 0.3) is 5.91 Å². The van der Waals surface area contributed by atoms with Crippen molar-refractivity contribution in [3.8, 4) is 11.1 Å². The SMILES string of the molecule is COC(=O)[C@@]1(Sc2ccc(C)cc2)CC[C@@H](NC(=O)COC(C)=O)[C@H]([C@H](OC(C)=O)[C@@H](CNC(=O)Cc2ccc(-c3ccccc3)cc2)OC(C)=O)O1. The minimum Gasteiger partial charge on any atom is -0.466 e. The summed E-state index contributed by atoms with van der Waals surface area (Å²) in [5, 5.41) is 5.50. The lowest BCUT2D eigenvalue weighted by molar-refractivity contribution is -0.205. The molecular weight excluding hydrogens is 704 g/mol. The zero-order valence-corrected chi connectivity index (χ0v) is 31.1. The molecule has 13 nitrogen and oxygen atoms in total. The minimum absolute atomic E-state index is 0.00645. The molecule has 0 aliphatic carbocycles. The van der Waals surface area contributed by atoms with Gasteiger partial charge in [0.1, 0.15) is 6.10 Å². The van der Waals surface area contributed by atoms with Gasteiger partial charge in [-0.2, -0.15) is 0 Å². The zero-order chi connectivity index (χ0) is 38.5. The number of hydrogen-bond donors (Lipinski definition) is 2. The molecule has 1 aliphatic rings. The van der Waals surface area contributed by atoms with Crippen molar-refractivity contribution in [2.24, 2.45) is 0 Å². The second-order valence-corrected chi connectivity index (χ2v) is 13.8. The first-order valence-corrected chi connectivity index (χ1v) is 17.8. The predicted octanol–water partition coefficient (Wildman–Crippen LogP) is 4.07. The Labute approximate surface area is 312 Å². The van der Waals surface area contributed by atoms with Crippen LogP contribution in [0.4, 0.5) is 0 Å². The maximum atomic E-state index is 13.5. The number of amides is 2. The van der Waals surface area contributed by atoms with Crippen LogP contribution in [0.3, 0.4) is 0 Å². The normalized spacial score (nSPS) is 19.1. The van der Waals surface area contributed by atoms with Crippen LogP contribution in [0.2, 0.25) is 0 Å². The van der Waals surface area contributed by atoms with E-state index in [2.05, 4.69) is 10.6 Å². The summed E-state index contributed by atoms with van der Waals surface area (Å²) in [6.07, 6.45) is -4.00. The van der Waals surface area contributed by atoms with Gasteiger partial charge in [0, 0.05) is 25.7 Å². The van der Waals surface area contributed by atoms with Crippen LogP contribution in [0.15, 0.2) is 83.8 Å². The van der Waals surface area contributed by atoms with E-state index in [4.69, 9.17) is 23.7 Å². The van der Waals surface area contributed by atoms with Crippen LogP contribution in [0.25, 0.3) is 11.1 Å². The molecule has 0 unspecified atom stereocenters. The van der Waals surface area contributed by atoms with E-state index in [9.17, 15) is 28.8 Å². The maximum Gasteiger partial charge on any atom is 0.349 e. The number of thioether (sulfide) groups is 1. The summed E-state index contributed by atoms with van der Waals surface area (Å²) in [4.78, 5) is 75.1. The molecule has 1 saturated heterocycles. The van der Waals surface area contributed by atoms with Crippen molar-refractivity contribution >= 4 is 47.5 Å². The Morgan fingerprint density at radius 3 is 2.08 bits per heavy atom. The summed E-state index contributed by atoms with van der Waals surface area (Å²) in [5.74, 6) is -4.05. The molecule has 0 spiro atoms. The van der Waals surface area contributed by atoms with Crippen LogP contribution in [0, 0.1) is 6.92 Å². The number of carbonyl (C=O) groups excluding carboxylic acids is 6. The molecule has 0 aromatic heterocycles. The standard InChI is InChI=1S/C39H44N2O11S/c1-24-11-17-31(18-12-24)53-39(38(47)48-5)20-19-32(41-35(46)23-49-25(2)42)36(52-39)37(51-27(4)44)33(50-26(3)43)22-40-34(45)21-28-13-15-30(16-14-28)29-9-7-6-8-10-29/h6-18,32-33,36-37H,19-23H2,1-5H3,(H,40,45)(H,41,46)/t32-,33-,36-,37-,39+/m1/s1. The van der Waals surface area contributed by atoms with Crippen molar-refractivity contribution < 1.29 is 52.5 Å². The smallest absolute Gasteiger partial charge is 0.349 e. The molecule has 53 heavy (non-hydrogen) atoms. The van der Waals surface area contributed by atoms with Crippen LogP contribution in [-0.2, 0) is 58.9 Å². The second-order valence-electron chi connectivity index (χ2n) is 12.5.